The van der Waals surface area contributed by atoms with Crippen molar-refractivity contribution in [2.75, 3.05) is 45.3 Å². The highest BCUT2D eigenvalue weighted by Gasteiger charge is 2.40. The second-order valence-corrected chi connectivity index (χ2v) is 9.52. The first-order chi connectivity index (χ1) is 18.8. The minimum Gasteiger partial charge on any atom is -0.497 e. The first-order valence-electron chi connectivity index (χ1n) is 12.8. The van der Waals surface area contributed by atoms with Gasteiger partial charge in [-0.3, -0.25) is 9.78 Å². The molecule has 0 spiro atoms. The van der Waals surface area contributed by atoms with Crippen LogP contribution in [0.3, 0.4) is 0 Å². The molecule has 11 heteroatoms. The molecule has 0 bridgehead atoms. The summed E-state index contributed by atoms with van der Waals surface area (Å²) in [6.07, 6.45) is 1.73. The Morgan fingerprint density at radius 1 is 1.10 bits per heavy atom. The molecule has 1 aliphatic carbocycles. The molecule has 39 heavy (non-hydrogen) atoms. The molecule has 1 atom stereocenters. The number of fused-ring (bicyclic) bond motifs is 1. The van der Waals surface area contributed by atoms with Crippen molar-refractivity contribution in [2.45, 2.75) is 31.5 Å². The van der Waals surface area contributed by atoms with E-state index < -0.39 is 23.8 Å². The molecule has 1 saturated heterocycles. The second-order valence-electron chi connectivity index (χ2n) is 9.52. The maximum absolute atomic E-state index is 13.7. The van der Waals surface area contributed by atoms with E-state index in [9.17, 15) is 18.0 Å². The number of ether oxygens (including phenoxy) is 2. The Hall–Kier alpha value is -4.02. The monoisotopic (exact) mass is 541 g/mol. The molecule has 0 radical (unpaired) electrons. The zero-order chi connectivity index (χ0) is 27.6. The summed E-state index contributed by atoms with van der Waals surface area (Å²) < 4.78 is 51.5. The van der Waals surface area contributed by atoms with Crippen LogP contribution in [0.15, 0.2) is 71.1 Å². The number of aliphatic imine (C=N–C) groups is 1. The highest BCUT2D eigenvalue weighted by atomic mass is 19.4. The Balaban J connectivity index is 1.51. The largest absolute Gasteiger partial charge is 0.497 e. The van der Waals surface area contributed by atoms with Crippen LogP contribution in [0.25, 0.3) is 0 Å². The maximum Gasteiger partial charge on any atom is 0.416 e. The Kier molecular flexibility index (Phi) is 7.49. The van der Waals surface area contributed by atoms with Crippen LogP contribution in [-0.4, -0.2) is 73.3 Å². The van der Waals surface area contributed by atoms with Gasteiger partial charge in [0.1, 0.15) is 5.75 Å². The van der Waals surface area contributed by atoms with Gasteiger partial charge in [0.25, 0.3) is 0 Å². The van der Waals surface area contributed by atoms with Crippen LogP contribution in [0.4, 0.5) is 24.5 Å². The third-order valence-corrected chi connectivity index (χ3v) is 7.23. The molecule has 0 saturated carbocycles. The molecular weight excluding hydrogens is 511 g/mol. The van der Waals surface area contributed by atoms with Gasteiger partial charge in [-0.2, -0.15) is 13.2 Å². The fourth-order valence-electron chi connectivity index (χ4n) is 5.24. The lowest BCUT2D eigenvalue weighted by molar-refractivity contribution is -0.141. The van der Waals surface area contributed by atoms with Gasteiger partial charge < -0.3 is 24.2 Å². The number of methoxy groups -OCH3 is 2. The number of rotatable bonds is 5. The van der Waals surface area contributed by atoms with Crippen LogP contribution in [0, 0.1) is 0 Å². The average molecular weight is 542 g/mol. The third-order valence-electron chi connectivity index (χ3n) is 7.23. The molecule has 5 rings (SSSR count). The van der Waals surface area contributed by atoms with Crippen LogP contribution in [0.2, 0.25) is 0 Å². The first-order valence-corrected chi connectivity index (χ1v) is 12.8. The predicted molar refractivity (Wildman–Crippen MR) is 141 cm³/mol. The van der Waals surface area contributed by atoms with Crippen molar-refractivity contribution in [3.05, 3.63) is 71.7 Å². The molecule has 206 valence electrons. The SMILES string of the molecule is COC(=O)CC1c2cnccc2N=C(N2CCN(c3cccc(OC)c3)CC2)N1C1=CC(C(F)(F)F)=CCC1. The third kappa shape index (κ3) is 5.57. The maximum atomic E-state index is 13.7. The van der Waals surface area contributed by atoms with E-state index in [4.69, 9.17) is 14.5 Å². The Morgan fingerprint density at radius 3 is 2.59 bits per heavy atom. The van der Waals surface area contributed by atoms with Gasteiger partial charge >= 0.3 is 12.1 Å². The van der Waals surface area contributed by atoms with E-state index >= 15 is 0 Å². The van der Waals surface area contributed by atoms with Crippen LogP contribution in [0.1, 0.15) is 30.9 Å². The molecule has 8 nitrogen and oxygen atoms in total. The molecule has 1 aromatic carbocycles. The number of esters is 1. The fourth-order valence-corrected chi connectivity index (χ4v) is 5.24. The number of aromatic nitrogens is 1. The first kappa shape index (κ1) is 26.6. The van der Waals surface area contributed by atoms with E-state index in [-0.39, 0.29) is 12.8 Å². The summed E-state index contributed by atoms with van der Waals surface area (Å²) in [5.74, 6) is 0.834. The minimum atomic E-state index is -4.47. The lowest BCUT2D eigenvalue weighted by Crippen LogP contribution is -2.55. The Bertz CT molecular complexity index is 1320. The van der Waals surface area contributed by atoms with Crippen molar-refractivity contribution < 1.29 is 27.4 Å². The molecule has 1 unspecified atom stereocenters. The van der Waals surface area contributed by atoms with Gasteiger partial charge in [0, 0.05) is 61.6 Å². The molecule has 3 heterocycles. The van der Waals surface area contributed by atoms with Crippen LogP contribution in [-0.2, 0) is 9.53 Å². The summed E-state index contributed by atoms with van der Waals surface area (Å²) >= 11 is 0. The van der Waals surface area contributed by atoms with Crippen LogP contribution in [0.5, 0.6) is 5.75 Å². The van der Waals surface area contributed by atoms with Gasteiger partial charge in [-0.25, -0.2) is 4.99 Å². The zero-order valence-corrected chi connectivity index (χ0v) is 21.8. The summed E-state index contributed by atoms with van der Waals surface area (Å²) in [5.41, 5.74) is 2.11. The topological polar surface area (TPSA) is 70.5 Å². The number of benzene rings is 1. The van der Waals surface area contributed by atoms with Crippen LogP contribution >= 0.6 is 0 Å². The molecule has 1 fully saturated rings. The highest BCUT2D eigenvalue weighted by molar-refractivity contribution is 5.89. The number of alkyl halides is 3. The van der Waals surface area contributed by atoms with Crippen LogP contribution < -0.4 is 9.64 Å². The summed E-state index contributed by atoms with van der Waals surface area (Å²) in [5, 5.41) is 0. The van der Waals surface area contributed by atoms with E-state index in [0.29, 0.717) is 55.5 Å². The standard InChI is InChI=1S/C28H30F3N5O3/c1-38-22-8-4-6-20(16-22)34-11-13-35(14-12-34)27-33-24-9-10-32-18-23(24)25(17-26(37)39-2)36(27)21-7-3-5-19(15-21)28(29,30)31/h4-6,8-10,15-16,18,25H,3,7,11-14,17H2,1-2H3. The predicted octanol–water partition coefficient (Wildman–Crippen LogP) is 4.99. The number of carbonyl (C=O) groups excluding carboxylic acids is 1. The number of nitrogens with zero attached hydrogens (tertiary/aromatic N) is 5. The van der Waals surface area contributed by atoms with Gasteiger partial charge in [0.2, 0.25) is 5.96 Å². The van der Waals surface area contributed by atoms with Crippen molar-refractivity contribution in [1.29, 1.82) is 0 Å². The number of hydrogen-bond acceptors (Lipinski definition) is 8. The average Bonchev–Trinajstić information content (AvgIpc) is 2.96. The fraction of sp³-hybridized carbons (Fsp3) is 0.393. The smallest absolute Gasteiger partial charge is 0.416 e. The lowest BCUT2D eigenvalue weighted by atomic mass is 9.96. The number of allylic oxidation sites excluding steroid dienone is 4. The summed E-state index contributed by atoms with van der Waals surface area (Å²) in [6.45, 7) is 2.54. The quantitative estimate of drug-likeness (QED) is 0.494. The second kappa shape index (κ2) is 11.0. The summed E-state index contributed by atoms with van der Waals surface area (Å²) in [7, 11) is 2.93. The van der Waals surface area contributed by atoms with E-state index in [0.717, 1.165) is 11.4 Å². The zero-order valence-electron chi connectivity index (χ0n) is 21.8. The molecule has 1 aromatic heterocycles. The molecule has 3 aliphatic rings. The Morgan fingerprint density at radius 2 is 1.87 bits per heavy atom. The number of anilines is 1. The van der Waals surface area contributed by atoms with Crippen molar-refractivity contribution in [2.24, 2.45) is 4.99 Å². The number of halogens is 3. The number of piperazine rings is 1. The number of guanidine groups is 1. The van der Waals surface area contributed by atoms with Crippen molar-refractivity contribution >= 4 is 23.3 Å². The number of carbonyl (C=O) groups is 1. The number of hydrogen-bond donors (Lipinski definition) is 0. The normalized spacial score (nSPS) is 19.6. The van der Waals surface area contributed by atoms with Gasteiger partial charge in [-0.15, -0.1) is 0 Å². The van der Waals surface area contributed by atoms with Crippen molar-refractivity contribution in [3.63, 3.8) is 0 Å². The lowest BCUT2D eigenvalue weighted by Gasteiger charge is -2.46. The number of pyridine rings is 1. The van der Waals surface area contributed by atoms with Gasteiger partial charge in [-0.05, 0) is 37.1 Å². The molecule has 0 N–H and O–H groups in total. The minimum absolute atomic E-state index is 0.0552. The summed E-state index contributed by atoms with van der Waals surface area (Å²) in [4.78, 5) is 27.8. The highest BCUT2D eigenvalue weighted by Crippen LogP contribution is 2.42. The van der Waals surface area contributed by atoms with E-state index in [1.807, 2.05) is 24.3 Å². The van der Waals surface area contributed by atoms with E-state index in [1.54, 1.807) is 30.5 Å². The van der Waals surface area contributed by atoms with Crippen molar-refractivity contribution in [3.8, 4) is 5.75 Å². The van der Waals surface area contributed by atoms with Gasteiger partial charge in [-0.1, -0.05) is 12.1 Å². The van der Waals surface area contributed by atoms with Gasteiger partial charge in [0.15, 0.2) is 0 Å². The van der Waals surface area contributed by atoms with Crippen molar-refractivity contribution in [1.82, 2.24) is 14.8 Å². The summed E-state index contributed by atoms with van der Waals surface area (Å²) in [6, 6.07) is 8.99. The molecular formula is C28H30F3N5O3. The Labute approximate surface area is 225 Å². The van der Waals surface area contributed by atoms with Gasteiger partial charge in [0.05, 0.1) is 37.9 Å². The molecule has 0 amide bonds. The van der Waals surface area contributed by atoms with E-state index in [1.165, 1.54) is 19.3 Å². The van der Waals surface area contributed by atoms with E-state index in [2.05, 4.69) is 14.8 Å². The molecule has 2 aliphatic heterocycles. The molecule has 2 aromatic rings.